The van der Waals surface area contributed by atoms with Gasteiger partial charge in [0, 0.05) is 25.6 Å². The number of benzene rings is 1. The van der Waals surface area contributed by atoms with E-state index in [0.29, 0.717) is 18.2 Å². The van der Waals surface area contributed by atoms with Gasteiger partial charge in [-0.3, -0.25) is 4.79 Å². The van der Waals surface area contributed by atoms with Gasteiger partial charge < -0.3 is 10.2 Å². The van der Waals surface area contributed by atoms with Crippen LogP contribution in [-0.4, -0.2) is 30.4 Å². The highest BCUT2D eigenvalue weighted by Crippen LogP contribution is 2.21. The SMILES string of the molecule is CCNC(CN1CC(C)CC1=O)c1ccccc1. The zero-order valence-corrected chi connectivity index (χ0v) is 11.2. The lowest BCUT2D eigenvalue weighted by Crippen LogP contribution is -2.36. The molecule has 1 aliphatic rings. The number of hydrogen-bond donors (Lipinski definition) is 1. The predicted molar refractivity (Wildman–Crippen MR) is 73.2 cm³/mol. The van der Waals surface area contributed by atoms with Gasteiger partial charge in [0.05, 0.1) is 0 Å². The van der Waals surface area contributed by atoms with Crippen LogP contribution in [0.3, 0.4) is 0 Å². The van der Waals surface area contributed by atoms with Crippen molar-refractivity contribution in [2.75, 3.05) is 19.6 Å². The van der Waals surface area contributed by atoms with Crippen LogP contribution in [0.5, 0.6) is 0 Å². The van der Waals surface area contributed by atoms with E-state index in [1.54, 1.807) is 0 Å². The number of likely N-dealkylation sites (tertiary alicyclic amines) is 1. The molecule has 0 saturated carbocycles. The Morgan fingerprint density at radius 3 is 2.67 bits per heavy atom. The molecule has 1 amide bonds. The van der Waals surface area contributed by atoms with Crippen molar-refractivity contribution in [2.24, 2.45) is 5.92 Å². The van der Waals surface area contributed by atoms with Gasteiger partial charge >= 0.3 is 0 Å². The van der Waals surface area contributed by atoms with Crippen LogP contribution in [0.25, 0.3) is 0 Å². The zero-order chi connectivity index (χ0) is 13.0. The molecule has 0 spiro atoms. The predicted octanol–water partition coefficient (Wildman–Crippen LogP) is 2.21. The van der Waals surface area contributed by atoms with Crippen molar-refractivity contribution in [2.45, 2.75) is 26.3 Å². The first-order chi connectivity index (χ1) is 8.70. The third kappa shape index (κ3) is 3.10. The molecule has 3 nitrogen and oxygen atoms in total. The monoisotopic (exact) mass is 246 g/mol. The van der Waals surface area contributed by atoms with E-state index in [-0.39, 0.29) is 6.04 Å². The Hall–Kier alpha value is -1.35. The Morgan fingerprint density at radius 2 is 2.11 bits per heavy atom. The first-order valence-corrected chi connectivity index (χ1v) is 6.76. The van der Waals surface area contributed by atoms with Crippen LogP contribution in [-0.2, 0) is 4.79 Å². The maximum Gasteiger partial charge on any atom is 0.222 e. The highest BCUT2D eigenvalue weighted by atomic mass is 16.2. The van der Waals surface area contributed by atoms with Gasteiger partial charge in [-0.05, 0) is 18.0 Å². The molecule has 1 heterocycles. The molecule has 1 N–H and O–H groups in total. The lowest BCUT2D eigenvalue weighted by Gasteiger charge is -2.25. The molecule has 1 aliphatic heterocycles. The van der Waals surface area contributed by atoms with Crippen LogP contribution in [0.15, 0.2) is 30.3 Å². The summed E-state index contributed by atoms with van der Waals surface area (Å²) in [5.41, 5.74) is 1.26. The van der Waals surface area contributed by atoms with Gasteiger partial charge in [-0.1, -0.05) is 44.2 Å². The Kier molecular flexibility index (Phi) is 4.37. The standard InChI is InChI=1S/C15H22N2O/c1-3-16-14(13-7-5-4-6-8-13)11-17-10-12(2)9-15(17)18/h4-8,12,14,16H,3,9-11H2,1-2H3. The van der Waals surface area contributed by atoms with Crippen molar-refractivity contribution in [3.8, 4) is 0 Å². The number of carbonyl (C=O) groups excluding carboxylic acids is 1. The second-order valence-electron chi connectivity index (χ2n) is 5.13. The highest BCUT2D eigenvalue weighted by Gasteiger charge is 2.28. The average molecular weight is 246 g/mol. The van der Waals surface area contributed by atoms with Crippen molar-refractivity contribution < 1.29 is 4.79 Å². The van der Waals surface area contributed by atoms with Gasteiger partial charge in [0.1, 0.15) is 0 Å². The molecule has 0 bridgehead atoms. The molecule has 2 rings (SSSR count). The molecule has 1 saturated heterocycles. The van der Waals surface area contributed by atoms with E-state index in [0.717, 1.165) is 19.6 Å². The van der Waals surface area contributed by atoms with E-state index in [1.807, 2.05) is 23.1 Å². The molecule has 2 atom stereocenters. The maximum atomic E-state index is 11.9. The van der Waals surface area contributed by atoms with Gasteiger partial charge in [0.2, 0.25) is 5.91 Å². The van der Waals surface area contributed by atoms with Crippen molar-refractivity contribution in [3.63, 3.8) is 0 Å². The lowest BCUT2D eigenvalue weighted by molar-refractivity contribution is -0.128. The van der Waals surface area contributed by atoms with Gasteiger partial charge in [-0.25, -0.2) is 0 Å². The van der Waals surface area contributed by atoms with Crippen molar-refractivity contribution in [3.05, 3.63) is 35.9 Å². The van der Waals surface area contributed by atoms with E-state index >= 15 is 0 Å². The van der Waals surface area contributed by atoms with Crippen molar-refractivity contribution in [1.82, 2.24) is 10.2 Å². The smallest absolute Gasteiger partial charge is 0.222 e. The van der Waals surface area contributed by atoms with Gasteiger partial charge in [-0.15, -0.1) is 0 Å². The van der Waals surface area contributed by atoms with Crippen LogP contribution >= 0.6 is 0 Å². The molecule has 1 aromatic rings. The first-order valence-electron chi connectivity index (χ1n) is 6.76. The molecule has 3 heteroatoms. The van der Waals surface area contributed by atoms with E-state index < -0.39 is 0 Å². The summed E-state index contributed by atoms with van der Waals surface area (Å²) in [7, 11) is 0. The van der Waals surface area contributed by atoms with Gasteiger partial charge in [0.15, 0.2) is 0 Å². The van der Waals surface area contributed by atoms with Crippen LogP contribution in [0.1, 0.15) is 31.9 Å². The molecule has 1 aromatic carbocycles. The second kappa shape index (κ2) is 6.01. The summed E-state index contributed by atoms with van der Waals surface area (Å²) in [5.74, 6) is 0.789. The van der Waals surface area contributed by atoms with E-state index in [4.69, 9.17) is 0 Å². The van der Waals surface area contributed by atoms with E-state index in [1.165, 1.54) is 5.56 Å². The number of hydrogen-bond acceptors (Lipinski definition) is 2. The summed E-state index contributed by atoms with van der Waals surface area (Å²) in [5, 5.41) is 3.47. The summed E-state index contributed by atoms with van der Waals surface area (Å²) in [6.07, 6.45) is 0.702. The van der Waals surface area contributed by atoms with Gasteiger partial charge in [-0.2, -0.15) is 0 Å². The Labute approximate surface area is 109 Å². The third-order valence-electron chi connectivity index (χ3n) is 3.46. The first kappa shape index (κ1) is 13.1. The molecule has 0 aromatic heterocycles. The minimum absolute atomic E-state index is 0.241. The molecular weight excluding hydrogens is 224 g/mol. The second-order valence-corrected chi connectivity index (χ2v) is 5.13. The quantitative estimate of drug-likeness (QED) is 0.864. The maximum absolute atomic E-state index is 11.9. The summed E-state index contributed by atoms with van der Waals surface area (Å²) in [6, 6.07) is 10.6. The van der Waals surface area contributed by atoms with Crippen molar-refractivity contribution in [1.29, 1.82) is 0 Å². The Morgan fingerprint density at radius 1 is 1.39 bits per heavy atom. The summed E-state index contributed by atoms with van der Waals surface area (Å²) in [6.45, 7) is 6.83. The van der Waals surface area contributed by atoms with Crippen LogP contribution in [0.2, 0.25) is 0 Å². The average Bonchev–Trinajstić information content (AvgIpc) is 2.68. The number of nitrogens with one attached hydrogen (secondary N) is 1. The molecule has 0 radical (unpaired) electrons. The number of rotatable bonds is 5. The van der Waals surface area contributed by atoms with Crippen LogP contribution in [0.4, 0.5) is 0 Å². The summed E-state index contributed by atoms with van der Waals surface area (Å²) in [4.78, 5) is 13.8. The fourth-order valence-corrected chi connectivity index (χ4v) is 2.59. The summed E-state index contributed by atoms with van der Waals surface area (Å²) < 4.78 is 0. The largest absolute Gasteiger partial charge is 0.340 e. The molecule has 98 valence electrons. The highest BCUT2D eigenvalue weighted by molar-refractivity contribution is 5.78. The number of likely N-dealkylation sites (N-methyl/N-ethyl adjacent to an activating group) is 1. The minimum atomic E-state index is 0.241. The number of amides is 1. The Bertz CT molecular complexity index is 391. The molecular formula is C15H22N2O. The number of carbonyl (C=O) groups is 1. The third-order valence-corrected chi connectivity index (χ3v) is 3.46. The van der Waals surface area contributed by atoms with E-state index in [9.17, 15) is 4.79 Å². The fourth-order valence-electron chi connectivity index (χ4n) is 2.59. The van der Waals surface area contributed by atoms with Crippen LogP contribution in [0, 0.1) is 5.92 Å². The minimum Gasteiger partial charge on any atom is -0.340 e. The molecule has 18 heavy (non-hydrogen) atoms. The topological polar surface area (TPSA) is 32.3 Å². The molecule has 2 unspecified atom stereocenters. The van der Waals surface area contributed by atoms with Crippen LogP contribution < -0.4 is 5.32 Å². The molecule has 0 aliphatic carbocycles. The fraction of sp³-hybridized carbons (Fsp3) is 0.533. The van der Waals surface area contributed by atoms with Gasteiger partial charge in [0.25, 0.3) is 0 Å². The zero-order valence-electron chi connectivity index (χ0n) is 11.2. The Balaban J connectivity index is 2.05. The molecule has 1 fully saturated rings. The summed E-state index contributed by atoms with van der Waals surface area (Å²) >= 11 is 0. The lowest BCUT2D eigenvalue weighted by atomic mass is 10.1. The number of nitrogens with zero attached hydrogens (tertiary/aromatic N) is 1. The van der Waals surface area contributed by atoms with Crippen molar-refractivity contribution >= 4 is 5.91 Å². The van der Waals surface area contributed by atoms with E-state index in [2.05, 4.69) is 31.3 Å². The normalized spacial score (nSPS) is 21.3.